The van der Waals surface area contributed by atoms with Crippen LogP contribution in [0.25, 0.3) is 0 Å². The highest BCUT2D eigenvalue weighted by molar-refractivity contribution is 5.86. The van der Waals surface area contributed by atoms with E-state index in [9.17, 15) is 4.79 Å². The molecule has 86 valence electrons. The third-order valence-corrected chi connectivity index (χ3v) is 3.25. The molecule has 0 heterocycles. The lowest BCUT2D eigenvalue weighted by molar-refractivity contribution is -0.138. The Bertz CT molecular complexity index is 222. The minimum Gasteiger partial charge on any atom is -0.275 e. The molecule has 1 rings (SSSR count). The monoisotopic (exact) mass is 210 g/mol. The van der Waals surface area contributed by atoms with E-state index in [1.165, 1.54) is 38.2 Å². The highest BCUT2D eigenvalue weighted by atomic mass is 16.2. The lowest BCUT2D eigenvalue weighted by Gasteiger charge is -2.32. The van der Waals surface area contributed by atoms with Gasteiger partial charge < -0.3 is 0 Å². The minimum absolute atomic E-state index is 0.0340. The van der Waals surface area contributed by atoms with E-state index in [1.807, 2.05) is 12.1 Å². The Morgan fingerprint density at radius 3 is 2.47 bits per heavy atom. The van der Waals surface area contributed by atoms with Gasteiger partial charge in [0.1, 0.15) is 0 Å². The van der Waals surface area contributed by atoms with Gasteiger partial charge in [0.15, 0.2) is 0 Å². The fraction of sp³-hybridized carbons (Fsp3) is 0.750. The van der Waals surface area contributed by atoms with Gasteiger partial charge in [0, 0.05) is 20.6 Å². The summed E-state index contributed by atoms with van der Waals surface area (Å²) in [6.07, 6.45) is 8.04. The Hall–Kier alpha value is -0.830. The summed E-state index contributed by atoms with van der Waals surface area (Å²) >= 11 is 0. The van der Waals surface area contributed by atoms with Crippen molar-refractivity contribution in [2.24, 2.45) is 5.92 Å². The number of hydrogen-bond donors (Lipinski definition) is 0. The zero-order valence-electron chi connectivity index (χ0n) is 9.91. The summed E-state index contributed by atoms with van der Waals surface area (Å²) in [5.41, 5.74) is 0. The lowest BCUT2D eigenvalue weighted by Crippen LogP contribution is -2.43. The molecule has 0 unspecified atom stereocenters. The fourth-order valence-electron chi connectivity index (χ4n) is 2.17. The van der Waals surface area contributed by atoms with E-state index in [0.29, 0.717) is 0 Å². The number of hydrogen-bond acceptors (Lipinski definition) is 2. The van der Waals surface area contributed by atoms with Crippen LogP contribution < -0.4 is 0 Å². The topological polar surface area (TPSA) is 23.6 Å². The lowest BCUT2D eigenvalue weighted by atomic mass is 9.89. The number of likely N-dealkylation sites (N-methyl/N-ethyl adjacent to an activating group) is 1. The van der Waals surface area contributed by atoms with Crippen molar-refractivity contribution in [1.29, 1.82) is 0 Å². The van der Waals surface area contributed by atoms with Gasteiger partial charge in [-0.2, -0.15) is 0 Å². The van der Waals surface area contributed by atoms with Crippen molar-refractivity contribution in [2.45, 2.75) is 32.1 Å². The van der Waals surface area contributed by atoms with Gasteiger partial charge in [-0.25, -0.2) is 5.01 Å². The van der Waals surface area contributed by atoms with Gasteiger partial charge in [-0.15, -0.1) is 0 Å². The summed E-state index contributed by atoms with van der Waals surface area (Å²) in [4.78, 5) is 11.4. The van der Waals surface area contributed by atoms with Crippen LogP contribution in [0.15, 0.2) is 12.7 Å². The average Bonchev–Trinajstić information content (AvgIpc) is 2.28. The van der Waals surface area contributed by atoms with Crippen molar-refractivity contribution in [2.75, 3.05) is 20.6 Å². The maximum absolute atomic E-state index is 11.4. The van der Waals surface area contributed by atoms with Gasteiger partial charge in [0.25, 0.3) is 5.91 Å². The molecule has 0 bridgehead atoms. The molecular weight excluding hydrogens is 188 g/mol. The van der Waals surface area contributed by atoms with Crippen LogP contribution in [-0.4, -0.2) is 36.6 Å². The van der Waals surface area contributed by atoms with Gasteiger partial charge in [0.05, 0.1) is 0 Å². The van der Waals surface area contributed by atoms with Crippen LogP contribution in [0.2, 0.25) is 0 Å². The molecule has 0 N–H and O–H groups in total. The van der Waals surface area contributed by atoms with E-state index in [4.69, 9.17) is 0 Å². The van der Waals surface area contributed by atoms with Crippen LogP contribution in [0.5, 0.6) is 0 Å². The molecule has 1 aliphatic rings. The van der Waals surface area contributed by atoms with Crippen molar-refractivity contribution in [3.8, 4) is 0 Å². The molecule has 0 radical (unpaired) electrons. The molecule has 0 aromatic heterocycles. The first-order valence-corrected chi connectivity index (χ1v) is 5.76. The second-order valence-corrected chi connectivity index (χ2v) is 4.41. The van der Waals surface area contributed by atoms with E-state index in [0.717, 1.165) is 12.5 Å². The average molecular weight is 210 g/mol. The molecule has 0 aliphatic heterocycles. The molecule has 15 heavy (non-hydrogen) atoms. The fourth-order valence-corrected chi connectivity index (χ4v) is 2.17. The van der Waals surface area contributed by atoms with E-state index in [-0.39, 0.29) is 5.91 Å². The third kappa shape index (κ3) is 3.67. The predicted molar refractivity (Wildman–Crippen MR) is 62.2 cm³/mol. The highest BCUT2D eigenvalue weighted by Crippen LogP contribution is 2.24. The van der Waals surface area contributed by atoms with Crippen LogP contribution in [-0.2, 0) is 4.79 Å². The summed E-state index contributed by atoms with van der Waals surface area (Å²) in [5, 5.41) is 3.64. The van der Waals surface area contributed by atoms with Crippen LogP contribution in [0.3, 0.4) is 0 Å². The van der Waals surface area contributed by atoms with Crippen LogP contribution in [0.1, 0.15) is 32.1 Å². The number of amides is 1. The SMILES string of the molecule is C=CC(=O)N(C)N(C)CC1CCCCC1. The summed E-state index contributed by atoms with van der Waals surface area (Å²) in [6.45, 7) is 4.48. The van der Waals surface area contributed by atoms with Gasteiger partial charge in [-0.3, -0.25) is 9.80 Å². The maximum Gasteiger partial charge on any atom is 0.259 e. The first kappa shape index (κ1) is 12.2. The number of carbonyl (C=O) groups is 1. The normalized spacial score (nSPS) is 17.8. The van der Waals surface area contributed by atoms with Gasteiger partial charge in [-0.1, -0.05) is 25.8 Å². The molecule has 0 saturated heterocycles. The molecule has 3 nitrogen and oxygen atoms in total. The number of rotatable bonds is 4. The first-order valence-electron chi connectivity index (χ1n) is 5.76. The molecule has 0 aromatic rings. The first-order chi connectivity index (χ1) is 7.15. The number of carbonyl (C=O) groups excluding carboxylic acids is 1. The second-order valence-electron chi connectivity index (χ2n) is 4.41. The molecule has 1 saturated carbocycles. The molecule has 3 heteroatoms. The van der Waals surface area contributed by atoms with Gasteiger partial charge >= 0.3 is 0 Å². The Labute approximate surface area is 92.7 Å². The van der Waals surface area contributed by atoms with Crippen LogP contribution >= 0.6 is 0 Å². The standard InChI is InChI=1S/C12H22N2O/c1-4-12(15)14(3)13(2)10-11-8-6-5-7-9-11/h4,11H,1,5-10H2,2-3H3. The Kier molecular flexibility index (Phi) is 4.82. The van der Waals surface area contributed by atoms with Crippen molar-refractivity contribution >= 4 is 5.91 Å². The summed E-state index contributed by atoms with van der Waals surface area (Å²) in [6, 6.07) is 0. The van der Waals surface area contributed by atoms with Crippen molar-refractivity contribution in [3.63, 3.8) is 0 Å². The summed E-state index contributed by atoms with van der Waals surface area (Å²) in [7, 11) is 3.77. The zero-order valence-corrected chi connectivity index (χ0v) is 9.91. The Morgan fingerprint density at radius 2 is 1.93 bits per heavy atom. The quantitative estimate of drug-likeness (QED) is 0.524. The highest BCUT2D eigenvalue weighted by Gasteiger charge is 2.18. The molecule has 0 aromatic carbocycles. The van der Waals surface area contributed by atoms with Crippen LogP contribution in [0.4, 0.5) is 0 Å². The van der Waals surface area contributed by atoms with Crippen molar-refractivity contribution < 1.29 is 4.79 Å². The molecule has 0 atom stereocenters. The maximum atomic E-state index is 11.4. The Morgan fingerprint density at radius 1 is 1.33 bits per heavy atom. The Balaban J connectivity index is 2.36. The summed E-state index contributed by atoms with van der Waals surface area (Å²) in [5.74, 6) is 0.720. The molecule has 0 spiro atoms. The van der Waals surface area contributed by atoms with E-state index in [2.05, 4.69) is 6.58 Å². The summed E-state index contributed by atoms with van der Waals surface area (Å²) < 4.78 is 0. The third-order valence-electron chi connectivity index (χ3n) is 3.25. The van der Waals surface area contributed by atoms with Gasteiger partial charge in [-0.05, 0) is 24.8 Å². The smallest absolute Gasteiger partial charge is 0.259 e. The molecule has 1 aliphatic carbocycles. The predicted octanol–water partition coefficient (Wildman–Crippen LogP) is 2.06. The van der Waals surface area contributed by atoms with E-state index >= 15 is 0 Å². The molecule has 1 amide bonds. The second kappa shape index (κ2) is 5.91. The molecular formula is C12H22N2O. The van der Waals surface area contributed by atoms with E-state index < -0.39 is 0 Å². The van der Waals surface area contributed by atoms with E-state index in [1.54, 1.807) is 12.1 Å². The van der Waals surface area contributed by atoms with Crippen molar-refractivity contribution in [1.82, 2.24) is 10.0 Å². The van der Waals surface area contributed by atoms with Crippen LogP contribution in [0, 0.1) is 5.92 Å². The zero-order chi connectivity index (χ0) is 11.3. The number of hydrazine groups is 1. The van der Waals surface area contributed by atoms with Gasteiger partial charge in [0.2, 0.25) is 0 Å². The molecule has 1 fully saturated rings. The number of nitrogens with zero attached hydrogens (tertiary/aromatic N) is 2. The van der Waals surface area contributed by atoms with Crippen molar-refractivity contribution in [3.05, 3.63) is 12.7 Å². The minimum atomic E-state index is -0.0340. The largest absolute Gasteiger partial charge is 0.275 e.